The molecule has 0 spiro atoms. The van der Waals surface area contributed by atoms with Crippen LogP contribution in [0.4, 0.5) is 0 Å². The lowest BCUT2D eigenvalue weighted by atomic mass is 9.91. The number of carbonyl (C=O) groups is 2. The molecule has 1 N–H and O–H groups in total. The summed E-state index contributed by atoms with van der Waals surface area (Å²) in [6.45, 7) is 6.09. The minimum atomic E-state index is -0.911. The van der Waals surface area contributed by atoms with E-state index in [4.69, 9.17) is 19.3 Å². The first-order chi connectivity index (χ1) is 8.40. The van der Waals surface area contributed by atoms with Gasteiger partial charge in [-0.15, -0.1) is 0 Å². The van der Waals surface area contributed by atoms with Crippen molar-refractivity contribution in [2.75, 3.05) is 26.6 Å². The maximum absolute atomic E-state index is 11.5. The van der Waals surface area contributed by atoms with Crippen molar-refractivity contribution >= 4 is 11.9 Å². The van der Waals surface area contributed by atoms with Crippen LogP contribution >= 0.6 is 0 Å². The fraction of sp³-hybridized carbons (Fsp3) is 0.833. The van der Waals surface area contributed by atoms with E-state index in [2.05, 4.69) is 0 Å². The van der Waals surface area contributed by atoms with Crippen molar-refractivity contribution < 1.29 is 28.9 Å². The zero-order valence-electron chi connectivity index (χ0n) is 11.2. The zero-order chi connectivity index (χ0) is 14.0. The van der Waals surface area contributed by atoms with Crippen LogP contribution in [0, 0.1) is 5.41 Å². The summed E-state index contributed by atoms with van der Waals surface area (Å²) in [6.07, 6.45) is 0.661. The third-order valence-electron chi connectivity index (χ3n) is 2.52. The summed E-state index contributed by atoms with van der Waals surface area (Å²) in [5.41, 5.74) is -0.474. The molecule has 6 heteroatoms. The van der Waals surface area contributed by atoms with Crippen LogP contribution in [0.25, 0.3) is 0 Å². The number of ether oxygens (including phenoxy) is 3. The Morgan fingerprint density at radius 3 is 2.28 bits per heavy atom. The molecular formula is C12H22O6. The van der Waals surface area contributed by atoms with Crippen molar-refractivity contribution in [1.82, 2.24) is 0 Å². The van der Waals surface area contributed by atoms with Crippen molar-refractivity contribution in [2.24, 2.45) is 5.41 Å². The average molecular weight is 262 g/mol. The van der Waals surface area contributed by atoms with E-state index >= 15 is 0 Å². The number of carboxylic acid groups (broad SMARTS) is 1. The van der Waals surface area contributed by atoms with Crippen molar-refractivity contribution in [1.29, 1.82) is 0 Å². The summed E-state index contributed by atoms with van der Waals surface area (Å²) >= 11 is 0. The van der Waals surface area contributed by atoms with Crippen molar-refractivity contribution in [3.8, 4) is 0 Å². The number of hydrogen-bond donors (Lipinski definition) is 1. The van der Waals surface area contributed by atoms with E-state index in [1.807, 2.05) is 20.8 Å². The number of esters is 1. The number of hydrogen-bond acceptors (Lipinski definition) is 5. The van der Waals surface area contributed by atoms with Crippen molar-refractivity contribution in [3.63, 3.8) is 0 Å². The third kappa shape index (κ3) is 8.03. The van der Waals surface area contributed by atoms with E-state index in [0.717, 1.165) is 0 Å². The van der Waals surface area contributed by atoms with Gasteiger partial charge in [-0.3, -0.25) is 9.59 Å². The molecule has 18 heavy (non-hydrogen) atoms. The van der Waals surface area contributed by atoms with Gasteiger partial charge in [0.2, 0.25) is 0 Å². The van der Waals surface area contributed by atoms with Gasteiger partial charge in [0.1, 0.15) is 13.4 Å². The number of aliphatic carboxylic acids is 1. The lowest BCUT2D eigenvalue weighted by Crippen LogP contribution is -2.27. The van der Waals surface area contributed by atoms with Crippen LogP contribution in [0.5, 0.6) is 0 Å². The summed E-state index contributed by atoms with van der Waals surface area (Å²) in [6, 6.07) is 0. The average Bonchev–Trinajstić information content (AvgIpc) is 2.31. The summed E-state index contributed by atoms with van der Waals surface area (Å²) in [5, 5.41) is 8.34. The van der Waals surface area contributed by atoms with Gasteiger partial charge in [0.15, 0.2) is 0 Å². The summed E-state index contributed by atoms with van der Waals surface area (Å²) in [7, 11) is 0. The molecular weight excluding hydrogens is 240 g/mol. The SMILES string of the molecule is CCC(C)(C)C(=O)OCCOCOCCC(=O)O. The first kappa shape index (κ1) is 16.9. The predicted octanol–water partition coefficient (Wildman–Crippen LogP) is 1.43. The van der Waals surface area contributed by atoms with Gasteiger partial charge in [0.25, 0.3) is 0 Å². The van der Waals surface area contributed by atoms with Crippen molar-refractivity contribution in [2.45, 2.75) is 33.6 Å². The Bertz CT molecular complexity index is 261. The molecule has 0 unspecified atom stereocenters. The normalized spacial score (nSPS) is 11.3. The molecule has 6 nitrogen and oxygen atoms in total. The molecule has 0 saturated carbocycles. The molecule has 0 amide bonds. The smallest absolute Gasteiger partial charge is 0.311 e. The van der Waals surface area contributed by atoms with Gasteiger partial charge in [0, 0.05) is 0 Å². The van der Waals surface area contributed by atoms with Crippen LogP contribution in [0.3, 0.4) is 0 Å². The van der Waals surface area contributed by atoms with Crippen LogP contribution in [0.2, 0.25) is 0 Å². The maximum Gasteiger partial charge on any atom is 0.311 e. The van der Waals surface area contributed by atoms with E-state index in [1.165, 1.54) is 0 Å². The van der Waals surface area contributed by atoms with Gasteiger partial charge in [0.05, 0.1) is 25.0 Å². The van der Waals surface area contributed by atoms with Gasteiger partial charge in [-0.1, -0.05) is 6.92 Å². The van der Waals surface area contributed by atoms with Crippen LogP contribution in [-0.2, 0) is 23.8 Å². The predicted molar refractivity (Wildman–Crippen MR) is 64.1 cm³/mol. The Balaban J connectivity index is 3.41. The highest BCUT2D eigenvalue weighted by molar-refractivity contribution is 5.75. The highest BCUT2D eigenvalue weighted by Crippen LogP contribution is 2.21. The first-order valence-corrected chi connectivity index (χ1v) is 5.94. The van der Waals surface area contributed by atoms with Gasteiger partial charge in [-0.2, -0.15) is 0 Å². The molecule has 0 saturated heterocycles. The van der Waals surface area contributed by atoms with E-state index in [1.54, 1.807) is 0 Å². The second-order valence-electron chi connectivity index (χ2n) is 4.45. The Labute approximate surface area is 107 Å². The second kappa shape index (κ2) is 8.88. The van der Waals surface area contributed by atoms with Gasteiger partial charge < -0.3 is 19.3 Å². The standard InChI is InChI=1S/C12H22O6/c1-4-12(2,3)11(15)18-8-7-17-9-16-6-5-10(13)14/h4-9H2,1-3H3,(H,13,14). The third-order valence-corrected chi connectivity index (χ3v) is 2.52. The molecule has 0 aromatic rings. The molecule has 0 radical (unpaired) electrons. The molecule has 106 valence electrons. The largest absolute Gasteiger partial charge is 0.481 e. The Morgan fingerprint density at radius 1 is 1.11 bits per heavy atom. The highest BCUT2D eigenvalue weighted by atomic mass is 16.7. The Hall–Kier alpha value is -1.14. The fourth-order valence-corrected chi connectivity index (χ4v) is 0.869. The Kier molecular flexibility index (Phi) is 8.32. The molecule has 0 aliphatic rings. The van der Waals surface area contributed by atoms with E-state index in [0.29, 0.717) is 6.42 Å². The monoisotopic (exact) mass is 262 g/mol. The van der Waals surface area contributed by atoms with Gasteiger partial charge >= 0.3 is 11.9 Å². The Morgan fingerprint density at radius 2 is 1.72 bits per heavy atom. The van der Waals surface area contributed by atoms with Crippen LogP contribution in [0.1, 0.15) is 33.6 Å². The molecule has 0 rings (SSSR count). The van der Waals surface area contributed by atoms with Crippen molar-refractivity contribution in [3.05, 3.63) is 0 Å². The topological polar surface area (TPSA) is 82.1 Å². The van der Waals surface area contributed by atoms with E-state index < -0.39 is 11.4 Å². The maximum atomic E-state index is 11.5. The molecule has 0 atom stereocenters. The minimum Gasteiger partial charge on any atom is -0.481 e. The van der Waals surface area contributed by atoms with E-state index in [9.17, 15) is 9.59 Å². The summed E-state index contributed by atoms with van der Waals surface area (Å²) in [5.74, 6) is -1.16. The molecule has 0 aromatic heterocycles. The molecule has 0 fully saturated rings. The molecule has 0 bridgehead atoms. The van der Waals surface area contributed by atoms with E-state index in [-0.39, 0.29) is 39.0 Å². The lowest BCUT2D eigenvalue weighted by Gasteiger charge is -2.20. The number of rotatable bonds is 10. The quantitative estimate of drug-likeness (QED) is 0.364. The lowest BCUT2D eigenvalue weighted by molar-refractivity contribution is -0.157. The summed E-state index contributed by atoms with van der Waals surface area (Å²) in [4.78, 5) is 21.7. The second-order valence-corrected chi connectivity index (χ2v) is 4.45. The van der Waals surface area contributed by atoms with Crippen LogP contribution in [-0.4, -0.2) is 43.7 Å². The van der Waals surface area contributed by atoms with Crippen LogP contribution < -0.4 is 0 Å². The molecule has 0 heterocycles. The fourth-order valence-electron chi connectivity index (χ4n) is 0.869. The summed E-state index contributed by atoms with van der Waals surface area (Å²) < 4.78 is 14.9. The van der Waals surface area contributed by atoms with Gasteiger partial charge in [-0.25, -0.2) is 0 Å². The zero-order valence-corrected chi connectivity index (χ0v) is 11.2. The van der Waals surface area contributed by atoms with Crippen LogP contribution in [0.15, 0.2) is 0 Å². The molecule has 0 aliphatic heterocycles. The number of carboxylic acids is 1. The minimum absolute atomic E-state index is 0.00199. The number of carbonyl (C=O) groups excluding carboxylic acids is 1. The first-order valence-electron chi connectivity index (χ1n) is 5.94. The molecule has 0 aromatic carbocycles. The van der Waals surface area contributed by atoms with Gasteiger partial charge in [-0.05, 0) is 20.3 Å². The highest BCUT2D eigenvalue weighted by Gasteiger charge is 2.26. The molecule has 0 aliphatic carbocycles.